The molecule has 3 N–H and O–H groups in total. The molecule has 0 fully saturated rings. The molecule has 0 saturated heterocycles. The number of nitrogens with zero attached hydrogens (tertiary/aromatic N) is 2. The van der Waals surface area contributed by atoms with Gasteiger partial charge in [0.15, 0.2) is 0 Å². The normalized spacial score (nSPS) is 12.2. The number of carboxylic acids is 1. The number of thioether (sulfide) groups is 1. The van der Waals surface area contributed by atoms with Crippen LogP contribution < -0.4 is 25.2 Å². The van der Waals surface area contributed by atoms with E-state index in [9.17, 15) is 19.2 Å². The van der Waals surface area contributed by atoms with Gasteiger partial charge in [0.05, 0.1) is 24.9 Å². The Morgan fingerprint density at radius 3 is 2.61 bits per heavy atom. The quantitative estimate of drug-likeness (QED) is 0.402. The second-order valence-corrected chi connectivity index (χ2v) is 9.37. The van der Waals surface area contributed by atoms with Crippen molar-refractivity contribution in [3.63, 3.8) is 0 Å². The number of hydrogen-bond acceptors (Lipinski definition) is 6. The number of rotatable bonds is 8. The average Bonchev–Trinajstić information content (AvgIpc) is 2.94. The van der Waals surface area contributed by atoms with Crippen molar-refractivity contribution in [2.45, 2.75) is 4.90 Å². The molecular weight excluding hydrogens is 508 g/mol. The van der Waals surface area contributed by atoms with Gasteiger partial charge in [-0.2, -0.15) is 0 Å². The number of ether oxygens (including phenoxy) is 1. The SMILES string of the molecule is COc1cccc(N(CC(=O)N2CCSc3ccccc32)C(=O)CNC(=O)Nc2cccc(C(=O)O)c2)c1. The van der Waals surface area contributed by atoms with Crippen LogP contribution in [0.4, 0.5) is 21.9 Å². The number of anilines is 3. The fourth-order valence-electron chi connectivity index (χ4n) is 3.91. The number of benzene rings is 3. The summed E-state index contributed by atoms with van der Waals surface area (Å²) < 4.78 is 5.29. The number of methoxy groups -OCH3 is 1. The first kappa shape index (κ1) is 26.6. The van der Waals surface area contributed by atoms with Crippen LogP contribution in [0.1, 0.15) is 10.4 Å². The lowest BCUT2D eigenvalue weighted by molar-refractivity contribution is -0.122. The van der Waals surface area contributed by atoms with Crippen LogP contribution in [0.2, 0.25) is 0 Å². The molecule has 0 spiro atoms. The molecule has 3 aromatic rings. The summed E-state index contributed by atoms with van der Waals surface area (Å²) in [5.41, 5.74) is 1.52. The number of nitrogens with one attached hydrogen (secondary N) is 2. The van der Waals surface area contributed by atoms with Gasteiger partial charge in [-0.3, -0.25) is 9.59 Å². The minimum absolute atomic E-state index is 0.0132. The zero-order chi connectivity index (χ0) is 27.1. The van der Waals surface area contributed by atoms with Crippen molar-refractivity contribution in [2.75, 3.05) is 47.6 Å². The minimum atomic E-state index is -1.13. The second kappa shape index (κ2) is 12.2. The van der Waals surface area contributed by atoms with Gasteiger partial charge in [-0.15, -0.1) is 11.8 Å². The zero-order valence-corrected chi connectivity index (χ0v) is 21.4. The molecule has 1 aliphatic heterocycles. The maximum Gasteiger partial charge on any atom is 0.335 e. The smallest absolute Gasteiger partial charge is 0.335 e. The predicted molar refractivity (Wildman–Crippen MR) is 145 cm³/mol. The molecule has 4 rings (SSSR count). The first-order valence-electron chi connectivity index (χ1n) is 11.7. The van der Waals surface area contributed by atoms with Gasteiger partial charge >= 0.3 is 12.0 Å². The molecule has 11 heteroatoms. The van der Waals surface area contributed by atoms with Crippen LogP contribution >= 0.6 is 11.8 Å². The summed E-state index contributed by atoms with van der Waals surface area (Å²) >= 11 is 1.67. The summed E-state index contributed by atoms with van der Waals surface area (Å²) in [5.74, 6) is -0.653. The van der Waals surface area contributed by atoms with E-state index in [-0.39, 0.29) is 23.7 Å². The van der Waals surface area contributed by atoms with E-state index in [1.165, 1.54) is 36.3 Å². The second-order valence-electron chi connectivity index (χ2n) is 8.24. The number of carboxylic acid groups (broad SMARTS) is 1. The van der Waals surface area contributed by atoms with Crippen LogP contribution in [0.15, 0.2) is 77.7 Å². The highest BCUT2D eigenvalue weighted by molar-refractivity contribution is 7.99. The summed E-state index contributed by atoms with van der Waals surface area (Å²) in [6.07, 6.45) is 0. The molecule has 0 bridgehead atoms. The van der Waals surface area contributed by atoms with Gasteiger partial charge in [0.1, 0.15) is 12.3 Å². The molecule has 0 radical (unpaired) electrons. The topological polar surface area (TPSA) is 128 Å². The fraction of sp³-hybridized carbons (Fsp3) is 0.185. The Kier molecular flexibility index (Phi) is 8.49. The molecule has 0 aliphatic carbocycles. The van der Waals surface area contributed by atoms with E-state index in [0.717, 1.165) is 16.3 Å². The van der Waals surface area contributed by atoms with Gasteiger partial charge in [-0.05, 0) is 42.5 Å². The van der Waals surface area contributed by atoms with Crippen molar-refractivity contribution in [1.29, 1.82) is 0 Å². The van der Waals surface area contributed by atoms with E-state index in [1.54, 1.807) is 40.9 Å². The Labute approximate surface area is 223 Å². The summed E-state index contributed by atoms with van der Waals surface area (Å²) in [4.78, 5) is 54.3. The van der Waals surface area contributed by atoms with Crippen molar-refractivity contribution >= 4 is 52.6 Å². The standard InChI is InChI=1S/C27H26N4O6S/c1-37-21-9-5-8-20(15-21)31(17-25(33)30-12-13-38-23-11-3-2-10-22(23)30)24(32)16-28-27(36)29-19-7-4-6-18(14-19)26(34)35/h2-11,14-15H,12-13,16-17H2,1H3,(H,34,35)(H2,28,29,36). The van der Waals surface area contributed by atoms with E-state index in [4.69, 9.17) is 9.84 Å². The monoisotopic (exact) mass is 534 g/mol. The number of amides is 4. The molecule has 0 aromatic heterocycles. The molecular formula is C27H26N4O6S. The van der Waals surface area contributed by atoms with Gasteiger partial charge in [0.25, 0.3) is 0 Å². The predicted octanol–water partition coefficient (Wildman–Crippen LogP) is 3.69. The number of hydrogen-bond donors (Lipinski definition) is 3. The van der Waals surface area contributed by atoms with Crippen LogP contribution in [-0.2, 0) is 9.59 Å². The summed E-state index contributed by atoms with van der Waals surface area (Å²) in [7, 11) is 1.50. The average molecular weight is 535 g/mol. The number of aromatic carboxylic acids is 1. The van der Waals surface area contributed by atoms with Crippen molar-refractivity contribution < 1.29 is 29.0 Å². The van der Waals surface area contributed by atoms with Crippen LogP contribution in [0.3, 0.4) is 0 Å². The largest absolute Gasteiger partial charge is 0.497 e. The summed E-state index contributed by atoms with van der Waals surface area (Å²) in [6.45, 7) is -0.132. The lowest BCUT2D eigenvalue weighted by Crippen LogP contribution is -2.48. The Bertz CT molecular complexity index is 1360. The fourth-order valence-corrected chi connectivity index (χ4v) is 4.90. The van der Waals surface area contributed by atoms with E-state index in [1.807, 2.05) is 24.3 Å². The number of carbonyl (C=O) groups is 4. The molecule has 10 nitrogen and oxygen atoms in total. The third-order valence-corrected chi connectivity index (χ3v) is 6.80. The molecule has 1 heterocycles. The summed E-state index contributed by atoms with van der Waals surface area (Å²) in [6, 6.07) is 19.4. The van der Waals surface area contributed by atoms with Gasteiger partial charge in [-0.25, -0.2) is 9.59 Å². The first-order valence-corrected chi connectivity index (χ1v) is 12.7. The third kappa shape index (κ3) is 6.43. The molecule has 1 aliphatic rings. The Morgan fingerprint density at radius 1 is 1.03 bits per heavy atom. The number of carbonyl (C=O) groups excluding carboxylic acids is 3. The molecule has 196 valence electrons. The highest BCUT2D eigenvalue weighted by atomic mass is 32.2. The maximum atomic E-state index is 13.4. The van der Waals surface area contributed by atoms with E-state index in [2.05, 4.69) is 10.6 Å². The van der Waals surface area contributed by atoms with Gasteiger partial charge < -0.3 is 30.3 Å². The van der Waals surface area contributed by atoms with E-state index >= 15 is 0 Å². The molecule has 0 unspecified atom stereocenters. The van der Waals surface area contributed by atoms with Crippen molar-refractivity contribution in [2.24, 2.45) is 0 Å². The van der Waals surface area contributed by atoms with Crippen LogP contribution in [0.25, 0.3) is 0 Å². The Balaban J connectivity index is 1.48. The Morgan fingerprint density at radius 2 is 1.82 bits per heavy atom. The highest BCUT2D eigenvalue weighted by Gasteiger charge is 2.27. The van der Waals surface area contributed by atoms with Crippen molar-refractivity contribution in [1.82, 2.24) is 5.32 Å². The lowest BCUT2D eigenvalue weighted by atomic mass is 10.2. The molecule has 0 saturated carbocycles. The maximum absolute atomic E-state index is 13.4. The van der Waals surface area contributed by atoms with Crippen molar-refractivity contribution in [3.05, 3.63) is 78.4 Å². The number of urea groups is 1. The highest BCUT2D eigenvalue weighted by Crippen LogP contribution is 2.34. The first-order chi connectivity index (χ1) is 18.4. The van der Waals surface area contributed by atoms with E-state index < -0.39 is 24.5 Å². The van der Waals surface area contributed by atoms with Crippen molar-refractivity contribution in [3.8, 4) is 5.75 Å². The summed E-state index contributed by atoms with van der Waals surface area (Å²) in [5, 5.41) is 14.1. The molecule has 38 heavy (non-hydrogen) atoms. The molecule has 0 atom stereocenters. The third-order valence-electron chi connectivity index (χ3n) is 5.76. The zero-order valence-electron chi connectivity index (χ0n) is 20.5. The molecule has 3 aromatic carbocycles. The van der Waals surface area contributed by atoms with Crippen LogP contribution in [0.5, 0.6) is 5.75 Å². The van der Waals surface area contributed by atoms with Crippen LogP contribution in [-0.4, -0.2) is 61.4 Å². The molecule has 4 amide bonds. The van der Waals surface area contributed by atoms with Gasteiger partial charge in [0.2, 0.25) is 11.8 Å². The minimum Gasteiger partial charge on any atom is -0.497 e. The lowest BCUT2D eigenvalue weighted by Gasteiger charge is -2.31. The van der Waals surface area contributed by atoms with Crippen LogP contribution in [0, 0.1) is 0 Å². The van der Waals surface area contributed by atoms with Gasteiger partial charge in [-0.1, -0.05) is 24.3 Å². The number of fused-ring (bicyclic) bond motifs is 1. The van der Waals surface area contributed by atoms with Gasteiger partial charge in [0, 0.05) is 34.6 Å². The number of para-hydroxylation sites is 1. The Hall–Kier alpha value is -4.51. The van der Waals surface area contributed by atoms with E-state index in [0.29, 0.717) is 18.0 Å².